The van der Waals surface area contributed by atoms with Gasteiger partial charge in [0.05, 0.1) is 6.04 Å². The minimum absolute atomic E-state index is 0.185. The molecule has 5 rings (SSSR count). The number of aryl methyl sites for hydroxylation is 1. The highest BCUT2D eigenvalue weighted by molar-refractivity contribution is 5.84. The van der Waals surface area contributed by atoms with E-state index in [0.29, 0.717) is 12.0 Å². The smallest absolute Gasteiger partial charge is 0.258 e. The molecule has 1 aromatic heterocycles. The molecule has 3 fully saturated rings. The van der Waals surface area contributed by atoms with Crippen molar-refractivity contribution in [2.75, 3.05) is 19.6 Å². The average Bonchev–Trinajstić information content (AvgIpc) is 2.50. The summed E-state index contributed by atoms with van der Waals surface area (Å²) in [6, 6.07) is 8.50. The van der Waals surface area contributed by atoms with Gasteiger partial charge in [0.15, 0.2) is 0 Å². The van der Waals surface area contributed by atoms with Crippen molar-refractivity contribution in [2.45, 2.75) is 25.8 Å². The average molecular weight is 268 g/mol. The Morgan fingerprint density at radius 3 is 2.60 bits per heavy atom. The van der Waals surface area contributed by atoms with Gasteiger partial charge >= 0.3 is 0 Å². The van der Waals surface area contributed by atoms with Crippen molar-refractivity contribution >= 4 is 10.8 Å². The lowest BCUT2D eigenvalue weighted by atomic mass is 9.83. The van der Waals surface area contributed by atoms with Crippen LogP contribution in [0.1, 0.15) is 24.4 Å². The molecule has 1 atom stereocenters. The quantitative estimate of drug-likeness (QED) is 0.794. The molecule has 0 amide bonds. The number of nitrogens with zero attached hydrogens (tertiary/aromatic N) is 2. The van der Waals surface area contributed by atoms with Crippen molar-refractivity contribution in [1.29, 1.82) is 0 Å². The molecular weight excluding hydrogens is 248 g/mol. The number of aromatic nitrogens is 1. The van der Waals surface area contributed by atoms with Crippen molar-refractivity contribution in [3.8, 4) is 0 Å². The maximum absolute atomic E-state index is 12.8. The zero-order valence-corrected chi connectivity index (χ0v) is 11.9. The third-order valence-corrected chi connectivity index (χ3v) is 5.17. The minimum Gasteiger partial charge on any atom is -0.310 e. The summed E-state index contributed by atoms with van der Waals surface area (Å²) >= 11 is 0. The first-order chi connectivity index (χ1) is 9.74. The molecule has 1 aromatic carbocycles. The highest BCUT2D eigenvalue weighted by Crippen LogP contribution is 2.35. The summed E-state index contributed by atoms with van der Waals surface area (Å²) in [7, 11) is 0. The maximum Gasteiger partial charge on any atom is 0.258 e. The van der Waals surface area contributed by atoms with Crippen molar-refractivity contribution in [2.24, 2.45) is 5.92 Å². The largest absolute Gasteiger partial charge is 0.310 e. The van der Waals surface area contributed by atoms with Crippen LogP contribution in [-0.4, -0.2) is 29.1 Å². The molecule has 0 spiro atoms. The molecule has 3 heteroatoms. The van der Waals surface area contributed by atoms with Crippen LogP contribution in [0.5, 0.6) is 0 Å². The van der Waals surface area contributed by atoms with E-state index in [1.165, 1.54) is 31.5 Å². The SMILES string of the molecule is Cc1cccc2c(=O)n([C@@H]3CN4CCC3CC4)ccc12. The molecule has 104 valence electrons. The van der Waals surface area contributed by atoms with Crippen LogP contribution in [0.3, 0.4) is 0 Å². The number of piperidine rings is 3. The molecule has 0 N–H and O–H groups in total. The standard InChI is InChI=1S/C17H20N2O/c1-12-3-2-4-15-14(12)7-10-19(17(15)20)16-11-18-8-5-13(16)6-9-18/h2-4,7,10,13,16H,5-6,8-9,11H2,1H3/t16-/m1/s1. The molecular formula is C17H20N2O. The monoisotopic (exact) mass is 268 g/mol. The van der Waals surface area contributed by atoms with Crippen LogP contribution in [-0.2, 0) is 0 Å². The van der Waals surface area contributed by atoms with Gasteiger partial charge in [0.2, 0.25) is 0 Å². The molecule has 3 saturated heterocycles. The fourth-order valence-corrected chi connectivity index (χ4v) is 3.96. The molecule has 0 radical (unpaired) electrons. The van der Waals surface area contributed by atoms with Gasteiger partial charge in [0.25, 0.3) is 5.56 Å². The topological polar surface area (TPSA) is 25.2 Å². The van der Waals surface area contributed by atoms with Gasteiger partial charge in [-0.15, -0.1) is 0 Å². The zero-order valence-electron chi connectivity index (χ0n) is 11.9. The van der Waals surface area contributed by atoms with Gasteiger partial charge in [-0.3, -0.25) is 4.79 Å². The molecule has 3 aliphatic rings. The number of benzene rings is 1. The summed E-state index contributed by atoms with van der Waals surface area (Å²) in [5.41, 5.74) is 1.37. The van der Waals surface area contributed by atoms with Crippen LogP contribution in [0.2, 0.25) is 0 Å². The van der Waals surface area contributed by atoms with Gasteiger partial charge in [0.1, 0.15) is 0 Å². The van der Waals surface area contributed by atoms with Crippen molar-refractivity contribution in [3.05, 3.63) is 46.4 Å². The number of rotatable bonds is 1. The Bertz CT molecular complexity index is 710. The van der Waals surface area contributed by atoms with E-state index in [0.717, 1.165) is 17.3 Å². The lowest BCUT2D eigenvalue weighted by Gasteiger charge is -2.45. The Hall–Kier alpha value is -1.61. The highest BCUT2D eigenvalue weighted by atomic mass is 16.1. The Morgan fingerprint density at radius 1 is 1.10 bits per heavy atom. The Kier molecular flexibility index (Phi) is 2.71. The van der Waals surface area contributed by atoms with E-state index in [1.54, 1.807) is 0 Å². The maximum atomic E-state index is 12.8. The van der Waals surface area contributed by atoms with E-state index in [-0.39, 0.29) is 5.56 Å². The number of hydrogen-bond donors (Lipinski definition) is 0. The lowest BCUT2D eigenvalue weighted by Crippen LogP contribution is -2.49. The van der Waals surface area contributed by atoms with Crippen molar-refractivity contribution in [1.82, 2.24) is 9.47 Å². The Balaban J connectivity index is 1.85. The van der Waals surface area contributed by atoms with E-state index in [4.69, 9.17) is 0 Å². The normalized spacial score (nSPS) is 28.9. The van der Waals surface area contributed by atoms with E-state index < -0.39 is 0 Å². The summed E-state index contributed by atoms with van der Waals surface area (Å²) in [5, 5.41) is 1.96. The van der Waals surface area contributed by atoms with Gasteiger partial charge in [0, 0.05) is 18.1 Å². The Labute approximate surface area is 118 Å². The number of fused-ring (bicyclic) bond motifs is 4. The third kappa shape index (κ3) is 1.73. The fourth-order valence-electron chi connectivity index (χ4n) is 3.96. The Morgan fingerprint density at radius 2 is 1.90 bits per heavy atom. The molecule has 2 bridgehead atoms. The number of pyridine rings is 1. The van der Waals surface area contributed by atoms with E-state index >= 15 is 0 Å². The fraction of sp³-hybridized carbons (Fsp3) is 0.471. The van der Waals surface area contributed by atoms with Gasteiger partial charge in [-0.2, -0.15) is 0 Å². The second kappa shape index (κ2) is 4.45. The third-order valence-electron chi connectivity index (χ3n) is 5.17. The van der Waals surface area contributed by atoms with Crippen molar-refractivity contribution in [3.63, 3.8) is 0 Å². The van der Waals surface area contributed by atoms with E-state index in [9.17, 15) is 4.79 Å². The molecule has 2 aromatic rings. The summed E-state index contributed by atoms with van der Waals surface area (Å²) in [4.78, 5) is 15.3. The van der Waals surface area contributed by atoms with Gasteiger partial charge in [-0.1, -0.05) is 12.1 Å². The minimum atomic E-state index is 0.185. The van der Waals surface area contributed by atoms with E-state index in [2.05, 4.69) is 24.0 Å². The van der Waals surface area contributed by atoms with Crippen LogP contribution in [0, 0.1) is 12.8 Å². The summed E-state index contributed by atoms with van der Waals surface area (Å²) in [6.45, 7) is 5.54. The summed E-state index contributed by atoms with van der Waals surface area (Å²) < 4.78 is 2.00. The molecule has 0 aliphatic carbocycles. The van der Waals surface area contributed by atoms with Crippen LogP contribution < -0.4 is 5.56 Å². The second-order valence-corrected chi connectivity index (χ2v) is 6.27. The van der Waals surface area contributed by atoms with Crippen molar-refractivity contribution < 1.29 is 0 Å². The molecule has 20 heavy (non-hydrogen) atoms. The van der Waals surface area contributed by atoms with Crippen LogP contribution in [0.25, 0.3) is 10.8 Å². The summed E-state index contributed by atoms with van der Waals surface area (Å²) in [6.07, 6.45) is 4.50. The predicted molar refractivity (Wildman–Crippen MR) is 81.1 cm³/mol. The van der Waals surface area contributed by atoms with Gasteiger partial charge in [-0.25, -0.2) is 0 Å². The first-order valence-corrected chi connectivity index (χ1v) is 7.57. The molecule has 3 aliphatic heterocycles. The first-order valence-electron chi connectivity index (χ1n) is 7.57. The van der Waals surface area contributed by atoms with Crippen LogP contribution >= 0.6 is 0 Å². The predicted octanol–water partition coefficient (Wildman–Crippen LogP) is 2.58. The van der Waals surface area contributed by atoms with Crippen LogP contribution in [0.15, 0.2) is 35.3 Å². The van der Waals surface area contributed by atoms with E-state index in [1.807, 2.05) is 22.9 Å². The molecule has 3 nitrogen and oxygen atoms in total. The second-order valence-electron chi connectivity index (χ2n) is 6.27. The van der Waals surface area contributed by atoms with Crippen LogP contribution in [0.4, 0.5) is 0 Å². The summed E-state index contributed by atoms with van der Waals surface area (Å²) in [5.74, 6) is 0.681. The molecule has 0 unspecified atom stereocenters. The molecule has 4 heterocycles. The zero-order chi connectivity index (χ0) is 13.7. The first kappa shape index (κ1) is 12.2. The molecule has 0 saturated carbocycles. The number of hydrogen-bond acceptors (Lipinski definition) is 2. The highest BCUT2D eigenvalue weighted by Gasteiger charge is 2.35. The lowest BCUT2D eigenvalue weighted by molar-refractivity contribution is 0.0556. The van der Waals surface area contributed by atoms with Gasteiger partial charge in [-0.05, 0) is 61.9 Å². The van der Waals surface area contributed by atoms with Gasteiger partial charge < -0.3 is 9.47 Å².